The van der Waals surface area contributed by atoms with E-state index >= 15 is 0 Å². The van der Waals surface area contributed by atoms with Gasteiger partial charge in [-0.15, -0.1) is 24.0 Å². The van der Waals surface area contributed by atoms with E-state index in [4.69, 9.17) is 4.74 Å². The minimum Gasteiger partial charge on any atom is -0.379 e. The van der Waals surface area contributed by atoms with E-state index in [-0.39, 0.29) is 29.8 Å². The van der Waals surface area contributed by atoms with E-state index in [0.29, 0.717) is 18.2 Å². The van der Waals surface area contributed by atoms with Gasteiger partial charge in [-0.05, 0) is 19.4 Å². The summed E-state index contributed by atoms with van der Waals surface area (Å²) < 4.78 is 19.2. The fourth-order valence-corrected chi connectivity index (χ4v) is 3.39. The first kappa shape index (κ1) is 20.4. The Balaban J connectivity index is 0.00000225. The highest BCUT2D eigenvalue weighted by Gasteiger charge is 2.30. The molecule has 1 atom stereocenters. The molecule has 25 heavy (non-hydrogen) atoms. The van der Waals surface area contributed by atoms with Crippen LogP contribution < -0.4 is 5.32 Å². The Kier molecular flexibility index (Phi) is 8.38. The largest absolute Gasteiger partial charge is 0.379 e. The summed E-state index contributed by atoms with van der Waals surface area (Å²) in [6.45, 7) is 8.91. The molecular formula is C18H28FIN4O. The molecule has 2 fully saturated rings. The minimum absolute atomic E-state index is 0. The molecule has 0 saturated carbocycles. The van der Waals surface area contributed by atoms with Crippen LogP contribution >= 0.6 is 24.0 Å². The third-order valence-electron chi connectivity index (χ3n) is 4.72. The fourth-order valence-electron chi connectivity index (χ4n) is 3.39. The summed E-state index contributed by atoms with van der Waals surface area (Å²) >= 11 is 0. The zero-order valence-electron chi connectivity index (χ0n) is 14.8. The second-order valence-electron chi connectivity index (χ2n) is 6.30. The van der Waals surface area contributed by atoms with E-state index < -0.39 is 0 Å². The standard InChI is InChI=1S/C18H27FN4O.HI/c1-2-20-18(21-13-15-5-3-4-6-17(15)19)23-8-7-16(14-23)22-9-11-24-12-10-22;/h3-6,16H,2,7-14H2,1H3,(H,20,21);1H. The van der Waals surface area contributed by atoms with E-state index in [9.17, 15) is 4.39 Å². The van der Waals surface area contributed by atoms with Gasteiger partial charge in [0.05, 0.1) is 19.8 Å². The van der Waals surface area contributed by atoms with Crippen molar-refractivity contribution in [1.82, 2.24) is 15.1 Å². The van der Waals surface area contributed by atoms with Crippen LogP contribution in [-0.4, -0.2) is 67.7 Å². The highest BCUT2D eigenvalue weighted by molar-refractivity contribution is 14.0. The Morgan fingerprint density at radius 3 is 2.76 bits per heavy atom. The Bertz CT molecular complexity index is 566. The molecule has 3 rings (SSSR count). The van der Waals surface area contributed by atoms with Crippen LogP contribution in [-0.2, 0) is 11.3 Å². The lowest BCUT2D eigenvalue weighted by atomic mass is 10.2. The van der Waals surface area contributed by atoms with Crippen LogP contribution in [0.15, 0.2) is 29.3 Å². The number of rotatable bonds is 4. The van der Waals surface area contributed by atoms with Gasteiger partial charge in [0.15, 0.2) is 5.96 Å². The minimum atomic E-state index is -0.190. The molecule has 2 saturated heterocycles. The fraction of sp³-hybridized carbons (Fsp3) is 0.611. The Labute approximate surface area is 166 Å². The molecule has 1 N–H and O–H groups in total. The predicted octanol–water partition coefficient (Wildman–Crippen LogP) is 2.32. The van der Waals surface area contributed by atoms with E-state index in [1.807, 2.05) is 6.07 Å². The van der Waals surface area contributed by atoms with Gasteiger partial charge in [0.25, 0.3) is 0 Å². The van der Waals surface area contributed by atoms with Crippen LogP contribution in [0.2, 0.25) is 0 Å². The lowest BCUT2D eigenvalue weighted by Crippen LogP contribution is -2.46. The molecule has 0 radical (unpaired) electrons. The average molecular weight is 462 g/mol. The number of morpholine rings is 1. The molecule has 0 spiro atoms. The van der Waals surface area contributed by atoms with Gasteiger partial charge in [0, 0.05) is 44.3 Å². The number of hydrogen-bond acceptors (Lipinski definition) is 3. The first-order valence-electron chi connectivity index (χ1n) is 8.86. The van der Waals surface area contributed by atoms with Crippen LogP contribution in [0.4, 0.5) is 4.39 Å². The molecule has 5 nitrogen and oxygen atoms in total. The summed E-state index contributed by atoms with van der Waals surface area (Å²) in [4.78, 5) is 9.47. The quantitative estimate of drug-likeness (QED) is 0.424. The second-order valence-corrected chi connectivity index (χ2v) is 6.30. The molecular weight excluding hydrogens is 434 g/mol. The zero-order valence-corrected chi connectivity index (χ0v) is 17.1. The third-order valence-corrected chi connectivity index (χ3v) is 4.72. The first-order valence-corrected chi connectivity index (χ1v) is 8.86. The van der Waals surface area contributed by atoms with Crippen molar-refractivity contribution in [2.24, 2.45) is 4.99 Å². The molecule has 2 aliphatic rings. The number of nitrogens with zero attached hydrogens (tertiary/aromatic N) is 3. The van der Waals surface area contributed by atoms with Crippen LogP contribution in [0.5, 0.6) is 0 Å². The summed E-state index contributed by atoms with van der Waals surface area (Å²) in [7, 11) is 0. The highest BCUT2D eigenvalue weighted by atomic mass is 127. The summed E-state index contributed by atoms with van der Waals surface area (Å²) in [5.41, 5.74) is 0.636. The van der Waals surface area contributed by atoms with Crippen LogP contribution in [0.25, 0.3) is 0 Å². The second kappa shape index (κ2) is 10.3. The molecule has 1 aromatic carbocycles. The van der Waals surface area contributed by atoms with Gasteiger partial charge < -0.3 is 15.0 Å². The number of halogens is 2. The van der Waals surface area contributed by atoms with Crippen molar-refractivity contribution in [3.63, 3.8) is 0 Å². The van der Waals surface area contributed by atoms with Crippen LogP contribution in [0.3, 0.4) is 0 Å². The lowest BCUT2D eigenvalue weighted by molar-refractivity contribution is 0.0195. The molecule has 1 aromatic rings. The molecule has 7 heteroatoms. The Morgan fingerprint density at radius 1 is 1.28 bits per heavy atom. The van der Waals surface area contributed by atoms with E-state index in [1.165, 1.54) is 6.07 Å². The van der Waals surface area contributed by atoms with Gasteiger partial charge >= 0.3 is 0 Å². The van der Waals surface area contributed by atoms with Crippen LogP contribution in [0.1, 0.15) is 18.9 Å². The topological polar surface area (TPSA) is 40.1 Å². The molecule has 2 heterocycles. The van der Waals surface area contributed by atoms with Crippen molar-refractivity contribution in [2.75, 3.05) is 45.9 Å². The summed E-state index contributed by atoms with van der Waals surface area (Å²) in [6, 6.07) is 7.41. The number of nitrogens with one attached hydrogen (secondary N) is 1. The first-order chi connectivity index (χ1) is 11.8. The Morgan fingerprint density at radius 2 is 2.04 bits per heavy atom. The number of benzene rings is 1. The third kappa shape index (κ3) is 5.52. The maximum atomic E-state index is 13.8. The summed E-state index contributed by atoms with van der Waals surface area (Å²) in [5, 5.41) is 3.35. The molecule has 0 amide bonds. The molecule has 140 valence electrons. The van der Waals surface area contributed by atoms with Crippen molar-refractivity contribution < 1.29 is 9.13 Å². The monoisotopic (exact) mass is 462 g/mol. The smallest absolute Gasteiger partial charge is 0.194 e. The van der Waals surface area contributed by atoms with Gasteiger partial charge in [-0.3, -0.25) is 4.90 Å². The van der Waals surface area contributed by atoms with Crippen molar-refractivity contribution in [3.05, 3.63) is 35.6 Å². The number of aliphatic imine (C=N–C) groups is 1. The number of ether oxygens (including phenoxy) is 1. The van der Waals surface area contributed by atoms with Gasteiger partial charge in [0.1, 0.15) is 5.82 Å². The molecule has 1 unspecified atom stereocenters. The maximum Gasteiger partial charge on any atom is 0.194 e. The number of likely N-dealkylation sites (tertiary alicyclic amines) is 1. The van der Waals surface area contributed by atoms with Crippen molar-refractivity contribution >= 4 is 29.9 Å². The predicted molar refractivity (Wildman–Crippen MR) is 109 cm³/mol. The van der Waals surface area contributed by atoms with Gasteiger partial charge in [-0.25, -0.2) is 9.38 Å². The Hall–Kier alpha value is -0.930. The van der Waals surface area contributed by atoms with E-state index in [2.05, 4.69) is 27.0 Å². The normalized spacial score (nSPS) is 21.9. The number of guanidine groups is 1. The molecule has 0 aliphatic carbocycles. The SMILES string of the molecule is CCNC(=NCc1ccccc1F)N1CCC(N2CCOCC2)C1.I. The van der Waals surface area contributed by atoms with Gasteiger partial charge in [0.2, 0.25) is 0 Å². The van der Waals surface area contributed by atoms with Crippen molar-refractivity contribution in [1.29, 1.82) is 0 Å². The lowest BCUT2D eigenvalue weighted by Gasteiger charge is -2.32. The summed E-state index contributed by atoms with van der Waals surface area (Å²) in [6.07, 6.45) is 1.14. The zero-order chi connectivity index (χ0) is 16.8. The molecule has 0 bridgehead atoms. The number of hydrogen-bond donors (Lipinski definition) is 1. The maximum absolute atomic E-state index is 13.8. The van der Waals surface area contributed by atoms with Gasteiger partial charge in [-0.2, -0.15) is 0 Å². The van der Waals surface area contributed by atoms with E-state index in [0.717, 1.165) is 58.3 Å². The van der Waals surface area contributed by atoms with Crippen molar-refractivity contribution in [3.8, 4) is 0 Å². The average Bonchev–Trinajstić information content (AvgIpc) is 3.10. The summed E-state index contributed by atoms with van der Waals surface area (Å²) in [5.74, 6) is 0.696. The van der Waals surface area contributed by atoms with E-state index in [1.54, 1.807) is 12.1 Å². The highest BCUT2D eigenvalue weighted by Crippen LogP contribution is 2.17. The van der Waals surface area contributed by atoms with Crippen molar-refractivity contribution in [2.45, 2.75) is 25.9 Å². The molecule has 0 aromatic heterocycles. The van der Waals surface area contributed by atoms with Gasteiger partial charge in [-0.1, -0.05) is 18.2 Å². The van der Waals surface area contributed by atoms with Crippen LogP contribution in [0, 0.1) is 5.82 Å². The molecule has 2 aliphatic heterocycles.